The second-order valence-corrected chi connectivity index (χ2v) is 8.82. The van der Waals surface area contributed by atoms with Crippen LogP contribution in [0.1, 0.15) is 29.3 Å². The fraction of sp³-hybridized carbons (Fsp3) is 0.115. The molecule has 1 amide bonds. The summed E-state index contributed by atoms with van der Waals surface area (Å²) in [6.07, 6.45) is 5.49. The molecule has 0 unspecified atom stereocenters. The average molecular weight is 481 g/mol. The van der Waals surface area contributed by atoms with E-state index in [-0.39, 0.29) is 34.9 Å². The number of phenols is 1. The van der Waals surface area contributed by atoms with Crippen LogP contribution in [0.5, 0.6) is 5.75 Å². The van der Waals surface area contributed by atoms with Crippen molar-refractivity contribution in [3.05, 3.63) is 95.3 Å². The number of imidazole rings is 1. The molecule has 178 valence electrons. The molecule has 0 spiro atoms. The van der Waals surface area contributed by atoms with Crippen LogP contribution in [0.2, 0.25) is 0 Å². The molecule has 5 aromatic rings. The average Bonchev–Trinajstić information content (AvgIpc) is 3.42. The van der Waals surface area contributed by atoms with E-state index in [1.54, 1.807) is 48.1 Å². The van der Waals surface area contributed by atoms with E-state index in [2.05, 4.69) is 20.3 Å². The molecule has 4 heterocycles. The van der Waals surface area contributed by atoms with Gasteiger partial charge >= 0.3 is 0 Å². The molecule has 0 saturated carbocycles. The third-order valence-electron chi connectivity index (χ3n) is 6.48. The van der Waals surface area contributed by atoms with Gasteiger partial charge in [-0.05, 0) is 42.3 Å². The predicted molar refractivity (Wildman–Crippen MR) is 131 cm³/mol. The number of carbonyl (C=O) groups is 1. The third-order valence-corrected chi connectivity index (χ3v) is 6.48. The molecule has 1 aliphatic rings. The molecular weight excluding hydrogens is 461 g/mol. The summed E-state index contributed by atoms with van der Waals surface area (Å²) in [5.41, 5.74) is 8.62. The highest BCUT2D eigenvalue weighted by Crippen LogP contribution is 2.45. The molecule has 9 nitrogen and oxygen atoms in total. The Hall–Kier alpha value is -4.86. The summed E-state index contributed by atoms with van der Waals surface area (Å²) >= 11 is 0. The van der Waals surface area contributed by atoms with Crippen LogP contribution in [0.15, 0.2) is 67.1 Å². The smallest absolute Gasteiger partial charge is 0.240 e. The van der Waals surface area contributed by atoms with E-state index in [1.165, 1.54) is 24.3 Å². The topological polar surface area (TPSA) is 131 Å². The number of aromatic nitrogens is 5. The van der Waals surface area contributed by atoms with Gasteiger partial charge in [-0.2, -0.15) is 0 Å². The summed E-state index contributed by atoms with van der Waals surface area (Å²) in [5.74, 6) is 0.0119. The van der Waals surface area contributed by atoms with E-state index >= 15 is 0 Å². The number of hydrogen-bond acceptors (Lipinski definition) is 7. The number of benzene rings is 2. The van der Waals surface area contributed by atoms with Crippen molar-refractivity contribution in [2.75, 3.05) is 11.1 Å². The highest BCUT2D eigenvalue weighted by molar-refractivity contribution is 6.09. The molecule has 6 rings (SSSR count). The number of rotatable bonds is 4. The van der Waals surface area contributed by atoms with Gasteiger partial charge in [-0.15, -0.1) is 0 Å². The Morgan fingerprint density at radius 1 is 1.14 bits per heavy atom. The van der Waals surface area contributed by atoms with Gasteiger partial charge in [0.15, 0.2) is 11.5 Å². The quantitative estimate of drug-likeness (QED) is 0.358. The maximum atomic E-state index is 13.8. The molecule has 2 aromatic carbocycles. The van der Waals surface area contributed by atoms with Gasteiger partial charge in [0.2, 0.25) is 5.91 Å². The molecule has 0 saturated heterocycles. The van der Waals surface area contributed by atoms with Gasteiger partial charge in [-0.1, -0.05) is 24.3 Å². The standard InChI is InChI=1S/C26H20FN7O2/c1-26(15-5-3-7-17(35)12-15)20-21(28)31-22(32-23(20)33-25(26)36)19-13-34-9-8-29-24(34)18(30-19)11-14-4-2-6-16(27)10-14/h2-10,12-13,35H,11H2,1H3,(H3,28,31,32,33,36)/t26-/m1/s1. The van der Waals surface area contributed by atoms with E-state index in [0.717, 1.165) is 5.56 Å². The van der Waals surface area contributed by atoms with Gasteiger partial charge in [0.1, 0.15) is 34.3 Å². The molecule has 0 fully saturated rings. The molecule has 10 heteroatoms. The number of phenolic OH excluding ortho intramolecular Hbond substituents is 1. The Bertz CT molecular complexity index is 1680. The number of nitrogen functional groups attached to an aromatic ring is 1. The number of aromatic hydroxyl groups is 1. The zero-order valence-electron chi connectivity index (χ0n) is 19.1. The SMILES string of the molecule is C[C@]1(c2cccc(O)c2)C(=O)Nc2nc(-c3cn4ccnc4c(Cc4cccc(F)c4)n3)nc(N)c21. The largest absolute Gasteiger partial charge is 0.508 e. The second-order valence-electron chi connectivity index (χ2n) is 8.82. The van der Waals surface area contributed by atoms with Crippen molar-refractivity contribution in [3.8, 4) is 17.3 Å². The first-order valence-corrected chi connectivity index (χ1v) is 11.2. The first kappa shape index (κ1) is 21.7. The van der Waals surface area contributed by atoms with Crippen molar-refractivity contribution < 1.29 is 14.3 Å². The number of fused-ring (bicyclic) bond motifs is 2. The summed E-state index contributed by atoms with van der Waals surface area (Å²) in [6, 6.07) is 12.8. The third kappa shape index (κ3) is 3.34. The first-order valence-electron chi connectivity index (χ1n) is 11.2. The number of carbonyl (C=O) groups excluding carboxylic acids is 1. The maximum absolute atomic E-state index is 13.8. The molecule has 0 aliphatic carbocycles. The zero-order valence-corrected chi connectivity index (χ0v) is 19.1. The molecule has 0 radical (unpaired) electrons. The summed E-state index contributed by atoms with van der Waals surface area (Å²) in [6.45, 7) is 1.72. The monoisotopic (exact) mass is 481 g/mol. The summed E-state index contributed by atoms with van der Waals surface area (Å²) in [4.78, 5) is 31.3. The van der Waals surface area contributed by atoms with Crippen LogP contribution >= 0.6 is 0 Å². The van der Waals surface area contributed by atoms with Crippen molar-refractivity contribution >= 4 is 23.2 Å². The van der Waals surface area contributed by atoms with Crippen molar-refractivity contribution in [2.24, 2.45) is 0 Å². The molecule has 36 heavy (non-hydrogen) atoms. The lowest BCUT2D eigenvalue weighted by Gasteiger charge is -2.23. The van der Waals surface area contributed by atoms with Gasteiger partial charge in [0.05, 0.1) is 11.3 Å². The van der Waals surface area contributed by atoms with Crippen LogP contribution in [-0.4, -0.2) is 35.4 Å². The lowest BCUT2D eigenvalue weighted by Crippen LogP contribution is -2.32. The number of nitrogens with zero attached hydrogens (tertiary/aromatic N) is 5. The fourth-order valence-corrected chi connectivity index (χ4v) is 4.68. The Morgan fingerprint density at radius 3 is 2.78 bits per heavy atom. The molecule has 1 aliphatic heterocycles. The van der Waals surface area contributed by atoms with E-state index in [9.17, 15) is 14.3 Å². The maximum Gasteiger partial charge on any atom is 0.240 e. The molecule has 0 bridgehead atoms. The van der Waals surface area contributed by atoms with Crippen LogP contribution < -0.4 is 11.1 Å². The fourth-order valence-electron chi connectivity index (χ4n) is 4.68. The van der Waals surface area contributed by atoms with Crippen LogP contribution in [0.4, 0.5) is 16.0 Å². The van der Waals surface area contributed by atoms with E-state index in [0.29, 0.717) is 34.6 Å². The summed E-state index contributed by atoms with van der Waals surface area (Å²) in [5, 5.41) is 12.8. The van der Waals surface area contributed by atoms with Gasteiger partial charge in [-0.3, -0.25) is 4.79 Å². The number of halogens is 1. The van der Waals surface area contributed by atoms with Crippen molar-refractivity contribution in [1.29, 1.82) is 0 Å². The molecule has 4 N–H and O–H groups in total. The Kier molecular flexibility index (Phi) is 4.72. The lowest BCUT2D eigenvalue weighted by molar-refractivity contribution is -0.119. The number of nitrogens with one attached hydrogen (secondary N) is 1. The van der Waals surface area contributed by atoms with Gasteiger partial charge in [0.25, 0.3) is 0 Å². The highest BCUT2D eigenvalue weighted by Gasteiger charge is 2.47. The second kappa shape index (κ2) is 7.84. The van der Waals surface area contributed by atoms with Crippen LogP contribution in [0, 0.1) is 5.82 Å². The predicted octanol–water partition coefficient (Wildman–Crippen LogP) is 3.46. The van der Waals surface area contributed by atoms with Crippen molar-refractivity contribution in [2.45, 2.75) is 18.8 Å². The first-order chi connectivity index (χ1) is 17.3. The zero-order chi connectivity index (χ0) is 25.0. The minimum absolute atomic E-state index is 0.0368. The normalized spacial score (nSPS) is 16.8. The minimum atomic E-state index is -1.18. The number of nitrogens with two attached hydrogens (primary N) is 1. The van der Waals surface area contributed by atoms with Crippen LogP contribution in [0.25, 0.3) is 17.2 Å². The van der Waals surface area contributed by atoms with Gasteiger partial charge in [0, 0.05) is 25.0 Å². The van der Waals surface area contributed by atoms with Crippen LogP contribution in [-0.2, 0) is 16.6 Å². The summed E-state index contributed by atoms with van der Waals surface area (Å²) < 4.78 is 15.5. The Balaban J connectivity index is 1.47. The summed E-state index contributed by atoms with van der Waals surface area (Å²) in [7, 11) is 0. The van der Waals surface area contributed by atoms with Crippen LogP contribution in [0.3, 0.4) is 0 Å². The van der Waals surface area contributed by atoms with Gasteiger partial charge < -0.3 is 20.6 Å². The number of anilines is 2. The highest BCUT2D eigenvalue weighted by atomic mass is 19.1. The van der Waals surface area contributed by atoms with E-state index in [1.807, 2.05) is 6.07 Å². The number of hydrogen-bond donors (Lipinski definition) is 3. The Morgan fingerprint density at radius 2 is 1.97 bits per heavy atom. The molecule has 3 aromatic heterocycles. The van der Waals surface area contributed by atoms with Gasteiger partial charge in [-0.25, -0.2) is 24.3 Å². The number of amides is 1. The van der Waals surface area contributed by atoms with Crippen molar-refractivity contribution in [1.82, 2.24) is 24.3 Å². The molecule has 1 atom stereocenters. The molecular formula is C26H20FN7O2. The minimum Gasteiger partial charge on any atom is -0.508 e. The Labute approximate surface area is 204 Å². The van der Waals surface area contributed by atoms with Crippen molar-refractivity contribution in [3.63, 3.8) is 0 Å². The van der Waals surface area contributed by atoms with E-state index < -0.39 is 5.41 Å². The van der Waals surface area contributed by atoms with E-state index in [4.69, 9.17) is 10.7 Å². The lowest BCUT2D eigenvalue weighted by atomic mass is 9.77.